The van der Waals surface area contributed by atoms with Crippen LogP contribution in [0.25, 0.3) is 0 Å². The molecule has 1 aromatic rings. The van der Waals surface area contributed by atoms with Crippen LogP contribution >= 0.6 is 11.3 Å². The zero-order valence-corrected chi connectivity index (χ0v) is 9.43. The molecule has 1 heterocycles. The van der Waals surface area contributed by atoms with Crippen LogP contribution in [0.1, 0.15) is 36.0 Å². The number of nitrogens with one attached hydrogen (secondary N) is 1. The Balaban J connectivity index is 1.93. The molecule has 0 unspecified atom stereocenters. The number of hydrogen-bond acceptors (Lipinski definition) is 3. The van der Waals surface area contributed by atoms with Crippen molar-refractivity contribution < 1.29 is 4.79 Å². The molecule has 0 spiro atoms. The van der Waals surface area contributed by atoms with Gasteiger partial charge in [-0.3, -0.25) is 4.79 Å². The highest BCUT2D eigenvalue weighted by molar-refractivity contribution is 7.08. The smallest absolute Gasteiger partial charge is 0.252 e. The van der Waals surface area contributed by atoms with Gasteiger partial charge in [0.1, 0.15) is 0 Å². The third kappa shape index (κ3) is 2.58. The van der Waals surface area contributed by atoms with Gasteiger partial charge in [0.15, 0.2) is 0 Å². The van der Waals surface area contributed by atoms with Crippen molar-refractivity contribution in [2.24, 2.45) is 5.73 Å². The topological polar surface area (TPSA) is 55.1 Å². The quantitative estimate of drug-likeness (QED) is 0.804. The number of thiophene rings is 1. The second-order valence-electron chi connectivity index (χ2n) is 4.04. The minimum absolute atomic E-state index is 0.0126. The fourth-order valence-electron chi connectivity index (χ4n) is 1.98. The van der Waals surface area contributed by atoms with Crippen molar-refractivity contribution in [2.75, 3.05) is 0 Å². The van der Waals surface area contributed by atoms with Gasteiger partial charge in [-0.05, 0) is 24.3 Å². The normalized spacial score (nSPS) is 26.2. The molecular weight excluding hydrogens is 208 g/mol. The van der Waals surface area contributed by atoms with Crippen LogP contribution in [0.2, 0.25) is 0 Å². The Morgan fingerprint density at radius 3 is 2.93 bits per heavy atom. The number of carbonyl (C=O) groups is 1. The van der Waals surface area contributed by atoms with Crippen molar-refractivity contribution in [3.05, 3.63) is 22.4 Å². The van der Waals surface area contributed by atoms with E-state index in [1.807, 2.05) is 16.8 Å². The van der Waals surface area contributed by atoms with Gasteiger partial charge >= 0.3 is 0 Å². The van der Waals surface area contributed by atoms with E-state index in [0.717, 1.165) is 18.4 Å². The SMILES string of the molecule is N[C@H]1CCCC[C@@H]1NC(=O)c1ccsc1. The van der Waals surface area contributed by atoms with Crippen LogP contribution in [0.3, 0.4) is 0 Å². The monoisotopic (exact) mass is 224 g/mol. The molecule has 0 saturated heterocycles. The maximum Gasteiger partial charge on any atom is 0.252 e. The Morgan fingerprint density at radius 2 is 2.27 bits per heavy atom. The van der Waals surface area contributed by atoms with Crippen molar-refractivity contribution in [1.29, 1.82) is 0 Å². The Morgan fingerprint density at radius 1 is 1.47 bits per heavy atom. The highest BCUT2D eigenvalue weighted by Gasteiger charge is 2.23. The molecule has 3 N–H and O–H groups in total. The van der Waals surface area contributed by atoms with Crippen molar-refractivity contribution in [1.82, 2.24) is 5.32 Å². The van der Waals surface area contributed by atoms with E-state index in [1.54, 1.807) is 0 Å². The third-order valence-corrected chi connectivity index (χ3v) is 3.60. The molecule has 0 radical (unpaired) electrons. The Kier molecular flexibility index (Phi) is 3.38. The Bertz CT molecular complexity index is 323. The summed E-state index contributed by atoms with van der Waals surface area (Å²) in [5, 5.41) is 6.79. The van der Waals surface area contributed by atoms with E-state index in [4.69, 9.17) is 5.73 Å². The van der Waals surface area contributed by atoms with Crippen LogP contribution in [-0.2, 0) is 0 Å². The summed E-state index contributed by atoms with van der Waals surface area (Å²) >= 11 is 1.54. The van der Waals surface area contributed by atoms with E-state index in [-0.39, 0.29) is 18.0 Å². The summed E-state index contributed by atoms with van der Waals surface area (Å²) in [6, 6.07) is 2.13. The molecule has 1 saturated carbocycles. The third-order valence-electron chi connectivity index (χ3n) is 2.92. The van der Waals surface area contributed by atoms with E-state index in [2.05, 4.69) is 5.32 Å². The molecule has 1 aliphatic carbocycles. The molecule has 3 nitrogen and oxygen atoms in total. The predicted molar refractivity (Wildman–Crippen MR) is 62.0 cm³/mol. The maximum atomic E-state index is 11.8. The first-order valence-corrected chi connectivity index (χ1v) is 6.30. The fourth-order valence-corrected chi connectivity index (χ4v) is 2.62. The first-order valence-electron chi connectivity index (χ1n) is 5.36. The van der Waals surface area contributed by atoms with Crippen molar-refractivity contribution in [3.63, 3.8) is 0 Å². The van der Waals surface area contributed by atoms with Crippen LogP contribution in [0.15, 0.2) is 16.8 Å². The summed E-state index contributed by atoms with van der Waals surface area (Å²) in [4.78, 5) is 11.8. The van der Waals surface area contributed by atoms with Gasteiger partial charge in [0.25, 0.3) is 5.91 Å². The number of rotatable bonds is 2. The largest absolute Gasteiger partial charge is 0.348 e. The van der Waals surface area contributed by atoms with Gasteiger partial charge < -0.3 is 11.1 Å². The van der Waals surface area contributed by atoms with Gasteiger partial charge in [0.05, 0.1) is 0 Å². The number of nitrogens with two attached hydrogens (primary N) is 1. The summed E-state index contributed by atoms with van der Waals surface area (Å²) in [5.41, 5.74) is 6.72. The average molecular weight is 224 g/mol. The van der Waals surface area contributed by atoms with Crippen LogP contribution in [0.5, 0.6) is 0 Å². The molecule has 82 valence electrons. The first-order chi connectivity index (χ1) is 7.27. The maximum absolute atomic E-state index is 11.8. The highest BCUT2D eigenvalue weighted by atomic mass is 32.1. The molecule has 1 aromatic heterocycles. The second kappa shape index (κ2) is 4.77. The summed E-state index contributed by atoms with van der Waals surface area (Å²) in [7, 11) is 0. The molecule has 15 heavy (non-hydrogen) atoms. The summed E-state index contributed by atoms with van der Waals surface area (Å²) < 4.78 is 0. The van der Waals surface area contributed by atoms with Gasteiger partial charge in [0, 0.05) is 23.0 Å². The fraction of sp³-hybridized carbons (Fsp3) is 0.545. The van der Waals surface area contributed by atoms with E-state index < -0.39 is 0 Å². The Labute approximate surface area is 93.7 Å². The molecule has 0 aromatic carbocycles. The minimum atomic E-state index is 0.0126. The van der Waals surface area contributed by atoms with Gasteiger partial charge in [-0.2, -0.15) is 11.3 Å². The lowest BCUT2D eigenvalue weighted by atomic mass is 9.91. The van der Waals surface area contributed by atoms with Crippen molar-refractivity contribution >= 4 is 17.2 Å². The molecule has 0 bridgehead atoms. The molecule has 1 amide bonds. The van der Waals surface area contributed by atoms with Gasteiger partial charge in [-0.1, -0.05) is 12.8 Å². The van der Waals surface area contributed by atoms with Gasteiger partial charge in [0.2, 0.25) is 0 Å². The summed E-state index contributed by atoms with van der Waals surface area (Å²) in [6.45, 7) is 0. The standard InChI is InChI=1S/C11H16N2OS/c12-9-3-1-2-4-10(9)13-11(14)8-5-6-15-7-8/h5-7,9-10H,1-4,12H2,(H,13,14)/t9-,10-/m0/s1. The second-order valence-corrected chi connectivity index (χ2v) is 4.82. The highest BCUT2D eigenvalue weighted by Crippen LogP contribution is 2.17. The van der Waals surface area contributed by atoms with Crippen LogP contribution < -0.4 is 11.1 Å². The van der Waals surface area contributed by atoms with E-state index >= 15 is 0 Å². The average Bonchev–Trinajstić information content (AvgIpc) is 2.74. The summed E-state index contributed by atoms with van der Waals surface area (Å²) in [6.07, 6.45) is 4.39. The number of hydrogen-bond donors (Lipinski definition) is 2. The zero-order valence-electron chi connectivity index (χ0n) is 8.61. The first kappa shape index (κ1) is 10.6. The zero-order chi connectivity index (χ0) is 10.7. The molecule has 1 aliphatic rings. The van der Waals surface area contributed by atoms with Gasteiger partial charge in [-0.25, -0.2) is 0 Å². The lowest BCUT2D eigenvalue weighted by Gasteiger charge is -2.29. The minimum Gasteiger partial charge on any atom is -0.348 e. The lowest BCUT2D eigenvalue weighted by Crippen LogP contribution is -2.49. The van der Waals surface area contributed by atoms with Gasteiger partial charge in [-0.15, -0.1) is 0 Å². The van der Waals surface area contributed by atoms with E-state index in [9.17, 15) is 4.79 Å². The number of amides is 1. The molecular formula is C11H16N2OS. The molecule has 2 atom stereocenters. The molecule has 4 heteroatoms. The number of carbonyl (C=O) groups excluding carboxylic acids is 1. The molecule has 1 fully saturated rings. The lowest BCUT2D eigenvalue weighted by molar-refractivity contribution is 0.0922. The summed E-state index contributed by atoms with van der Waals surface area (Å²) in [5.74, 6) is 0.0126. The van der Waals surface area contributed by atoms with Crippen LogP contribution in [0.4, 0.5) is 0 Å². The predicted octanol–water partition coefficient (Wildman–Crippen LogP) is 1.75. The van der Waals surface area contributed by atoms with Crippen molar-refractivity contribution in [2.45, 2.75) is 37.8 Å². The van der Waals surface area contributed by atoms with Crippen molar-refractivity contribution in [3.8, 4) is 0 Å². The van der Waals surface area contributed by atoms with E-state index in [0.29, 0.717) is 0 Å². The molecule has 0 aliphatic heterocycles. The van der Waals surface area contributed by atoms with E-state index in [1.165, 1.54) is 24.2 Å². The van der Waals surface area contributed by atoms with Crippen LogP contribution in [0, 0.1) is 0 Å². The Hall–Kier alpha value is -0.870. The molecule has 2 rings (SSSR count). The van der Waals surface area contributed by atoms with Crippen LogP contribution in [-0.4, -0.2) is 18.0 Å².